The van der Waals surface area contributed by atoms with E-state index in [4.69, 9.17) is 10.5 Å². The molecular weight excluding hydrogens is 342 g/mol. The second-order valence-corrected chi connectivity index (χ2v) is 5.65. The Labute approximate surface area is 150 Å². The molecule has 0 saturated carbocycles. The van der Waals surface area contributed by atoms with Crippen LogP contribution in [-0.2, 0) is 25.7 Å². The van der Waals surface area contributed by atoms with Crippen LogP contribution >= 0.6 is 0 Å². The van der Waals surface area contributed by atoms with E-state index in [0.717, 1.165) is 5.56 Å². The fraction of sp³-hybridized carbons (Fsp3) is 0.412. The minimum Gasteiger partial charge on any atom is -0.445 e. The Balaban J connectivity index is 2.54. The number of aliphatic hydroxyl groups is 1. The summed E-state index contributed by atoms with van der Waals surface area (Å²) in [7, 11) is 0. The highest BCUT2D eigenvalue weighted by Gasteiger charge is 2.25. The zero-order valence-electron chi connectivity index (χ0n) is 14.4. The summed E-state index contributed by atoms with van der Waals surface area (Å²) >= 11 is 0. The van der Waals surface area contributed by atoms with Gasteiger partial charge in [0, 0.05) is 6.42 Å². The van der Waals surface area contributed by atoms with E-state index in [0.29, 0.717) is 0 Å². The third kappa shape index (κ3) is 7.75. The van der Waals surface area contributed by atoms with E-state index < -0.39 is 36.6 Å². The number of hydrogen-bond donors (Lipinski definition) is 4. The van der Waals surface area contributed by atoms with E-state index in [2.05, 4.69) is 10.6 Å². The van der Waals surface area contributed by atoms with Crippen LogP contribution in [0.25, 0.3) is 0 Å². The predicted molar refractivity (Wildman–Crippen MR) is 91.7 cm³/mol. The molecule has 5 N–H and O–H groups in total. The van der Waals surface area contributed by atoms with Crippen molar-refractivity contribution in [3.05, 3.63) is 35.9 Å². The van der Waals surface area contributed by atoms with Gasteiger partial charge in [-0.1, -0.05) is 30.3 Å². The van der Waals surface area contributed by atoms with Crippen molar-refractivity contribution < 1.29 is 29.0 Å². The number of ketones is 1. The Bertz CT molecular complexity index is 635. The zero-order valence-corrected chi connectivity index (χ0v) is 14.4. The predicted octanol–water partition coefficient (Wildman–Crippen LogP) is -0.387. The maximum Gasteiger partial charge on any atom is 0.408 e. The lowest BCUT2D eigenvalue weighted by molar-refractivity contribution is -0.129. The highest BCUT2D eigenvalue weighted by Crippen LogP contribution is 2.02. The second-order valence-electron chi connectivity index (χ2n) is 5.65. The number of nitrogens with two attached hydrogens (primary N) is 1. The number of hydrogen-bond acceptors (Lipinski definition) is 6. The summed E-state index contributed by atoms with van der Waals surface area (Å²) in [4.78, 5) is 46.2. The lowest BCUT2D eigenvalue weighted by Gasteiger charge is -2.20. The summed E-state index contributed by atoms with van der Waals surface area (Å²) in [5.41, 5.74) is 5.94. The van der Waals surface area contributed by atoms with Crippen LogP contribution in [0.1, 0.15) is 25.3 Å². The first-order chi connectivity index (χ1) is 12.3. The summed E-state index contributed by atoms with van der Waals surface area (Å²) in [6, 6.07) is 6.50. The number of amides is 3. The van der Waals surface area contributed by atoms with Crippen LogP contribution in [0.2, 0.25) is 0 Å². The van der Waals surface area contributed by atoms with Gasteiger partial charge in [-0.2, -0.15) is 0 Å². The molecule has 1 aromatic carbocycles. The molecule has 0 heterocycles. The molecule has 2 atom stereocenters. The number of ether oxygens (including phenoxy) is 1. The van der Waals surface area contributed by atoms with Gasteiger partial charge < -0.3 is 31.0 Å². The molecule has 0 radical (unpaired) electrons. The number of carbonyl (C=O) groups excluding carboxylic acids is 4. The molecule has 0 aromatic heterocycles. The average Bonchev–Trinajstić information content (AvgIpc) is 2.61. The van der Waals surface area contributed by atoms with Crippen LogP contribution in [0, 0.1) is 0 Å². The van der Waals surface area contributed by atoms with Crippen LogP contribution in [0.5, 0.6) is 0 Å². The summed E-state index contributed by atoms with van der Waals surface area (Å²) in [5, 5.41) is 13.8. The van der Waals surface area contributed by atoms with E-state index in [-0.39, 0.29) is 25.2 Å². The van der Waals surface area contributed by atoms with Gasteiger partial charge in [0.15, 0.2) is 0 Å². The molecular formula is C17H23N3O6. The molecule has 0 aliphatic carbocycles. The van der Waals surface area contributed by atoms with E-state index in [1.165, 1.54) is 6.92 Å². The first-order valence-electron chi connectivity index (χ1n) is 8.00. The van der Waals surface area contributed by atoms with Crippen molar-refractivity contribution in [3.63, 3.8) is 0 Å². The first kappa shape index (κ1) is 21.1. The Kier molecular flexibility index (Phi) is 8.79. The van der Waals surface area contributed by atoms with Gasteiger partial charge in [-0.15, -0.1) is 0 Å². The van der Waals surface area contributed by atoms with Crippen molar-refractivity contribution in [2.45, 2.75) is 38.5 Å². The van der Waals surface area contributed by atoms with Crippen molar-refractivity contribution in [2.75, 3.05) is 6.61 Å². The molecule has 0 saturated heterocycles. The fourth-order valence-corrected chi connectivity index (χ4v) is 2.01. The average molecular weight is 365 g/mol. The standard InChI is InChI=1S/C17H23N3O6/c1-11(22)7-8-13(15(18)23)19-16(24)14(9-21)20-17(25)26-10-12-5-3-2-4-6-12/h2-6,13-14,21H,7-10H2,1H3,(H2,18,23)(H,19,24)(H,20,25)/t13-,14-/m0/s1. The molecule has 0 fully saturated rings. The topological polar surface area (TPSA) is 148 Å². The number of carbonyl (C=O) groups is 4. The van der Waals surface area contributed by atoms with Gasteiger partial charge >= 0.3 is 6.09 Å². The third-order valence-electron chi connectivity index (χ3n) is 3.45. The number of nitrogens with one attached hydrogen (secondary N) is 2. The molecule has 9 heteroatoms. The lowest BCUT2D eigenvalue weighted by Crippen LogP contribution is -2.54. The van der Waals surface area contributed by atoms with Crippen LogP contribution in [-0.4, -0.2) is 47.5 Å². The van der Waals surface area contributed by atoms with Crippen molar-refractivity contribution >= 4 is 23.7 Å². The second kappa shape index (κ2) is 10.8. The molecule has 142 valence electrons. The largest absolute Gasteiger partial charge is 0.445 e. The summed E-state index contributed by atoms with van der Waals surface area (Å²) < 4.78 is 4.96. The van der Waals surface area contributed by atoms with Gasteiger partial charge in [0.2, 0.25) is 11.8 Å². The maximum atomic E-state index is 12.1. The molecule has 0 aliphatic rings. The maximum absolute atomic E-state index is 12.1. The number of rotatable bonds is 10. The van der Waals surface area contributed by atoms with Gasteiger partial charge in [0.25, 0.3) is 0 Å². The normalized spacial score (nSPS) is 12.5. The van der Waals surface area contributed by atoms with Crippen molar-refractivity contribution in [1.82, 2.24) is 10.6 Å². The van der Waals surface area contributed by atoms with E-state index >= 15 is 0 Å². The van der Waals surface area contributed by atoms with Crippen LogP contribution in [0.15, 0.2) is 30.3 Å². The summed E-state index contributed by atoms with van der Waals surface area (Å²) in [6.45, 7) is 0.639. The SMILES string of the molecule is CC(=O)CC[C@H](NC(=O)[C@H](CO)NC(=O)OCc1ccccc1)C(N)=O. The van der Waals surface area contributed by atoms with Gasteiger partial charge in [0.1, 0.15) is 24.5 Å². The number of alkyl carbamates (subject to hydrolysis) is 1. The molecule has 1 aromatic rings. The van der Waals surface area contributed by atoms with Gasteiger partial charge in [-0.05, 0) is 18.9 Å². The van der Waals surface area contributed by atoms with Gasteiger partial charge in [-0.25, -0.2) is 4.79 Å². The highest BCUT2D eigenvalue weighted by atomic mass is 16.5. The Hall–Kier alpha value is -2.94. The Morgan fingerprint density at radius 2 is 1.77 bits per heavy atom. The molecule has 9 nitrogen and oxygen atoms in total. The number of Topliss-reactive ketones (excluding diaryl/α,β-unsaturated/α-hetero) is 1. The monoisotopic (exact) mass is 365 g/mol. The zero-order chi connectivity index (χ0) is 19.5. The smallest absolute Gasteiger partial charge is 0.408 e. The van der Waals surface area contributed by atoms with Gasteiger partial charge in [0.05, 0.1) is 6.61 Å². The van der Waals surface area contributed by atoms with E-state index in [1.54, 1.807) is 24.3 Å². The molecule has 0 spiro atoms. The summed E-state index contributed by atoms with van der Waals surface area (Å²) in [6.07, 6.45) is -0.806. The molecule has 1 rings (SSSR count). The highest BCUT2D eigenvalue weighted by molar-refractivity contribution is 5.91. The lowest BCUT2D eigenvalue weighted by atomic mass is 10.1. The Morgan fingerprint density at radius 3 is 2.31 bits per heavy atom. The number of aliphatic hydroxyl groups excluding tert-OH is 1. The van der Waals surface area contributed by atoms with Crippen molar-refractivity contribution in [1.29, 1.82) is 0 Å². The number of benzene rings is 1. The van der Waals surface area contributed by atoms with E-state index in [1.807, 2.05) is 6.07 Å². The first-order valence-corrected chi connectivity index (χ1v) is 8.00. The van der Waals surface area contributed by atoms with Gasteiger partial charge in [-0.3, -0.25) is 9.59 Å². The number of primary amides is 1. The third-order valence-corrected chi connectivity index (χ3v) is 3.45. The van der Waals surface area contributed by atoms with Crippen LogP contribution < -0.4 is 16.4 Å². The van der Waals surface area contributed by atoms with Crippen LogP contribution in [0.4, 0.5) is 4.79 Å². The van der Waals surface area contributed by atoms with Crippen LogP contribution in [0.3, 0.4) is 0 Å². The molecule has 0 unspecified atom stereocenters. The minimum absolute atomic E-state index is 0.00500. The molecule has 0 aliphatic heterocycles. The van der Waals surface area contributed by atoms with E-state index in [9.17, 15) is 24.3 Å². The van der Waals surface area contributed by atoms with Crippen molar-refractivity contribution in [3.8, 4) is 0 Å². The summed E-state index contributed by atoms with van der Waals surface area (Å²) in [5.74, 6) is -1.79. The molecule has 0 bridgehead atoms. The minimum atomic E-state index is -1.32. The van der Waals surface area contributed by atoms with Crippen molar-refractivity contribution in [2.24, 2.45) is 5.73 Å². The molecule has 3 amide bonds. The fourth-order valence-electron chi connectivity index (χ4n) is 2.01. The Morgan fingerprint density at radius 1 is 1.12 bits per heavy atom. The molecule has 26 heavy (non-hydrogen) atoms. The quantitative estimate of drug-likeness (QED) is 0.444.